The predicted octanol–water partition coefficient (Wildman–Crippen LogP) is 1.83. The molecule has 5 rings (SSSR count). The largest absolute Gasteiger partial charge is 0.479 e. The topological polar surface area (TPSA) is 174 Å². The standard InChI is InChI=1S/C30H48O10/c1-14(4-7-23(35)39-24-13-21(33)26(36)27(40-24)28(37)38)17-5-6-18-25-19(12-22(34)30(17,18)3)29(2)9-8-16(31)10-15(29)11-20(25)32/h14-22,24-27,31-34,36H,4-13H2,1-3H3,(H,37,38)/t14-,15+,16-,17-,18+,19+,20-,21-,22+,24?,25+,26+,27+,29+,30-/m1/s1. The van der Waals surface area contributed by atoms with Crippen LogP contribution in [0.5, 0.6) is 0 Å². The normalized spacial score (nSPS) is 51.2. The maximum absolute atomic E-state index is 12.7. The zero-order valence-electron chi connectivity index (χ0n) is 23.9. The third kappa shape index (κ3) is 5.00. The third-order valence-electron chi connectivity index (χ3n) is 12.3. The highest BCUT2D eigenvalue weighted by atomic mass is 16.7. The van der Waals surface area contributed by atoms with E-state index in [1.165, 1.54) is 0 Å². The lowest BCUT2D eigenvalue weighted by molar-refractivity contribution is -0.247. The van der Waals surface area contributed by atoms with Crippen LogP contribution in [0.15, 0.2) is 0 Å². The van der Waals surface area contributed by atoms with Crippen LogP contribution >= 0.6 is 0 Å². The predicted molar refractivity (Wildman–Crippen MR) is 141 cm³/mol. The average molecular weight is 569 g/mol. The quantitative estimate of drug-likeness (QED) is 0.259. The number of carbonyl (C=O) groups excluding carboxylic acids is 1. The number of carboxylic acids is 1. The molecule has 1 unspecified atom stereocenters. The Hall–Kier alpha value is -1.30. The van der Waals surface area contributed by atoms with Crippen LogP contribution in [-0.4, -0.2) is 85.5 Å². The Labute approximate surface area is 236 Å². The maximum Gasteiger partial charge on any atom is 0.335 e. The first-order chi connectivity index (χ1) is 18.8. The monoisotopic (exact) mass is 568 g/mol. The number of carbonyl (C=O) groups is 2. The highest BCUT2D eigenvalue weighted by molar-refractivity contribution is 5.73. The van der Waals surface area contributed by atoms with Crippen LogP contribution in [0.3, 0.4) is 0 Å². The summed E-state index contributed by atoms with van der Waals surface area (Å²) in [5.41, 5.74) is -0.354. The van der Waals surface area contributed by atoms with Crippen molar-refractivity contribution in [1.82, 2.24) is 0 Å². The number of aliphatic hydroxyl groups excluding tert-OH is 5. The Bertz CT molecular complexity index is 959. The van der Waals surface area contributed by atoms with E-state index in [1.54, 1.807) is 0 Å². The van der Waals surface area contributed by atoms with Crippen molar-refractivity contribution in [3.8, 4) is 0 Å². The van der Waals surface area contributed by atoms with E-state index >= 15 is 0 Å². The van der Waals surface area contributed by atoms with Gasteiger partial charge in [0.2, 0.25) is 6.29 Å². The van der Waals surface area contributed by atoms with Crippen molar-refractivity contribution in [2.24, 2.45) is 46.3 Å². The summed E-state index contributed by atoms with van der Waals surface area (Å²) in [6.45, 7) is 6.59. The first-order valence-corrected chi connectivity index (χ1v) is 15.2. The third-order valence-corrected chi connectivity index (χ3v) is 12.3. The molecule has 228 valence electrons. The number of hydrogen-bond donors (Lipinski definition) is 6. The molecule has 1 heterocycles. The molecular weight excluding hydrogens is 520 g/mol. The first kappa shape index (κ1) is 30.2. The Kier molecular flexibility index (Phi) is 8.36. The highest BCUT2D eigenvalue weighted by Crippen LogP contribution is 2.68. The fraction of sp³-hybridized carbons (Fsp3) is 0.933. The molecule has 4 aliphatic carbocycles. The molecule has 6 N–H and O–H groups in total. The van der Waals surface area contributed by atoms with Crippen LogP contribution in [0.1, 0.15) is 85.0 Å². The van der Waals surface area contributed by atoms with Gasteiger partial charge in [-0.2, -0.15) is 0 Å². The number of ether oxygens (including phenoxy) is 2. The molecule has 0 amide bonds. The molecule has 5 aliphatic rings. The van der Waals surface area contributed by atoms with E-state index in [-0.39, 0.29) is 65.3 Å². The molecule has 0 spiro atoms. The van der Waals surface area contributed by atoms with Gasteiger partial charge in [0, 0.05) is 12.8 Å². The number of carboxylic acid groups (broad SMARTS) is 1. The van der Waals surface area contributed by atoms with Gasteiger partial charge in [-0.15, -0.1) is 0 Å². The Morgan fingerprint density at radius 2 is 1.68 bits per heavy atom. The van der Waals surface area contributed by atoms with Crippen LogP contribution in [0, 0.1) is 46.3 Å². The molecule has 1 saturated heterocycles. The van der Waals surface area contributed by atoms with E-state index in [1.807, 2.05) is 0 Å². The Morgan fingerprint density at radius 3 is 2.38 bits per heavy atom. The second kappa shape index (κ2) is 11.1. The molecule has 15 atom stereocenters. The lowest BCUT2D eigenvalue weighted by Crippen LogP contribution is -2.62. The van der Waals surface area contributed by atoms with Gasteiger partial charge in [0.15, 0.2) is 6.10 Å². The molecule has 4 saturated carbocycles. The number of rotatable bonds is 6. The number of fused-ring (bicyclic) bond motifs is 5. The SMILES string of the molecule is C[C@H](CCC(=O)OC1C[C@@H](O)[C@H](O)[C@@H](C(=O)O)O1)[C@H]1CC[C@H]2[C@@H]3[C@H](O)C[C@@H]4C[C@H](O)CC[C@]4(C)[C@H]3C[C@H](O)[C@]12C. The van der Waals surface area contributed by atoms with Gasteiger partial charge in [-0.05, 0) is 97.7 Å². The minimum absolute atomic E-state index is 0.0172. The summed E-state index contributed by atoms with van der Waals surface area (Å²) in [7, 11) is 0. The molecule has 1 aliphatic heterocycles. The van der Waals surface area contributed by atoms with Crippen molar-refractivity contribution < 1.29 is 49.7 Å². The summed E-state index contributed by atoms with van der Waals surface area (Å²) in [5, 5.41) is 62.4. The molecule has 10 heteroatoms. The van der Waals surface area contributed by atoms with Gasteiger partial charge in [-0.3, -0.25) is 4.79 Å². The molecule has 0 aromatic rings. The summed E-state index contributed by atoms with van der Waals surface area (Å²) in [6.07, 6.45) is -1.07. The molecular formula is C30H48O10. The minimum Gasteiger partial charge on any atom is -0.479 e. The van der Waals surface area contributed by atoms with Crippen molar-refractivity contribution in [1.29, 1.82) is 0 Å². The zero-order valence-corrected chi connectivity index (χ0v) is 23.9. The second-order valence-electron chi connectivity index (χ2n) is 14.1. The van der Waals surface area contributed by atoms with Crippen LogP contribution in [0.4, 0.5) is 0 Å². The number of hydrogen-bond acceptors (Lipinski definition) is 9. The Morgan fingerprint density at radius 1 is 0.950 bits per heavy atom. The van der Waals surface area contributed by atoms with E-state index in [2.05, 4.69) is 20.8 Å². The lowest BCUT2D eigenvalue weighted by atomic mass is 9.43. The molecule has 10 nitrogen and oxygen atoms in total. The summed E-state index contributed by atoms with van der Waals surface area (Å²) in [5.74, 6) is -0.905. The van der Waals surface area contributed by atoms with Gasteiger partial charge >= 0.3 is 11.9 Å². The van der Waals surface area contributed by atoms with E-state index in [4.69, 9.17) is 9.47 Å². The Balaban J connectivity index is 1.22. The van der Waals surface area contributed by atoms with E-state index in [0.29, 0.717) is 19.3 Å². The molecule has 0 radical (unpaired) electrons. The van der Waals surface area contributed by atoms with Gasteiger partial charge in [0.1, 0.15) is 6.10 Å². The van der Waals surface area contributed by atoms with Crippen LogP contribution in [0.25, 0.3) is 0 Å². The highest BCUT2D eigenvalue weighted by Gasteiger charge is 2.65. The first-order valence-electron chi connectivity index (χ1n) is 15.2. The van der Waals surface area contributed by atoms with E-state index < -0.39 is 48.7 Å². The fourth-order valence-electron chi connectivity index (χ4n) is 10.0. The number of aliphatic carboxylic acids is 1. The van der Waals surface area contributed by atoms with Crippen molar-refractivity contribution in [3.63, 3.8) is 0 Å². The van der Waals surface area contributed by atoms with Crippen LogP contribution in [-0.2, 0) is 19.1 Å². The molecule has 0 bridgehead atoms. The van der Waals surface area contributed by atoms with Gasteiger partial charge in [0.25, 0.3) is 0 Å². The molecule has 5 fully saturated rings. The van der Waals surface area contributed by atoms with Crippen LogP contribution < -0.4 is 0 Å². The lowest BCUT2D eigenvalue weighted by Gasteiger charge is -2.63. The van der Waals surface area contributed by atoms with Crippen molar-refractivity contribution >= 4 is 11.9 Å². The van der Waals surface area contributed by atoms with Gasteiger partial charge < -0.3 is 40.1 Å². The number of esters is 1. The number of aliphatic hydroxyl groups is 5. The molecule has 0 aromatic carbocycles. The second-order valence-corrected chi connectivity index (χ2v) is 14.1. The minimum atomic E-state index is -1.67. The van der Waals surface area contributed by atoms with Gasteiger partial charge in [0.05, 0.1) is 24.4 Å². The molecule has 40 heavy (non-hydrogen) atoms. The average Bonchev–Trinajstić information content (AvgIpc) is 3.24. The van der Waals surface area contributed by atoms with E-state index in [9.17, 15) is 40.2 Å². The maximum atomic E-state index is 12.7. The van der Waals surface area contributed by atoms with Gasteiger partial charge in [-0.1, -0.05) is 20.8 Å². The smallest absolute Gasteiger partial charge is 0.335 e. The van der Waals surface area contributed by atoms with E-state index in [0.717, 1.165) is 32.1 Å². The summed E-state index contributed by atoms with van der Waals surface area (Å²) in [4.78, 5) is 24.0. The summed E-state index contributed by atoms with van der Waals surface area (Å²) < 4.78 is 10.5. The zero-order chi connectivity index (χ0) is 29.1. The van der Waals surface area contributed by atoms with Gasteiger partial charge in [-0.25, -0.2) is 4.79 Å². The summed E-state index contributed by atoms with van der Waals surface area (Å²) >= 11 is 0. The van der Waals surface area contributed by atoms with Crippen LogP contribution in [0.2, 0.25) is 0 Å². The fourth-order valence-corrected chi connectivity index (χ4v) is 10.0. The summed E-state index contributed by atoms with van der Waals surface area (Å²) in [6, 6.07) is 0. The molecule has 0 aromatic heterocycles. The van der Waals surface area contributed by atoms with Crippen molar-refractivity contribution in [2.75, 3.05) is 0 Å². The van der Waals surface area contributed by atoms with Crippen molar-refractivity contribution in [2.45, 2.75) is 128 Å². The van der Waals surface area contributed by atoms with Crippen molar-refractivity contribution in [3.05, 3.63) is 0 Å².